The number of halogens is 1. The Morgan fingerprint density at radius 3 is 2.33 bits per heavy atom. The van der Waals surface area contributed by atoms with Gasteiger partial charge in [-0.25, -0.2) is 0 Å². The highest BCUT2D eigenvalue weighted by atomic mass is 35.5. The molecule has 3 nitrogen and oxygen atoms in total. The second-order valence-electron chi connectivity index (χ2n) is 4.54. The van der Waals surface area contributed by atoms with Crippen molar-refractivity contribution in [3.8, 4) is 6.07 Å². The molecule has 2 aromatic carbocycles. The van der Waals surface area contributed by atoms with Crippen molar-refractivity contribution in [3.05, 3.63) is 70.3 Å². The van der Waals surface area contributed by atoms with Crippen molar-refractivity contribution in [1.82, 2.24) is 0 Å². The van der Waals surface area contributed by atoms with Crippen molar-refractivity contribution in [1.29, 1.82) is 5.26 Å². The zero-order valence-corrected chi connectivity index (χ0v) is 12.2. The van der Waals surface area contributed by atoms with Crippen molar-refractivity contribution in [3.63, 3.8) is 0 Å². The van der Waals surface area contributed by atoms with E-state index in [2.05, 4.69) is 5.32 Å². The zero-order valence-electron chi connectivity index (χ0n) is 11.4. The summed E-state index contributed by atoms with van der Waals surface area (Å²) in [6.45, 7) is 1.97. The molecular weight excluding hydrogens is 284 g/mol. The summed E-state index contributed by atoms with van der Waals surface area (Å²) >= 11 is 5.80. The zero-order chi connectivity index (χ0) is 15.2. The first kappa shape index (κ1) is 14.8. The molecule has 0 spiro atoms. The van der Waals surface area contributed by atoms with Crippen molar-refractivity contribution in [2.75, 3.05) is 5.32 Å². The fourth-order valence-corrected chi connectivity index (χ4v) is 1.84. The summed E-state index contributed by atoms with van der Waals surface area (Å²) in [7, 11) is 0. The van der Waals surface area contributed by atoms with E-state index in [1.807, 2.05) is 25.1 Å². The molecule has 0 fully saturated rings. The molecule has 4 heteroatoms. The van der Waals surface area contributed by atoms with E-state index in [-0.39, 0.29) is 5.57 Å². The van der Waals surface area contributed by atoms with Gasteiger partial charge in [-0.15, -0.1) is 0 Å². The Morgan fingerprint density at radius 1 is 1.14 bits per heavy atom. The molecule has 2 aromatic rings. The number of amides is 1. The van der Waals surface area contributed by atoms with Gasteiger partial charge in [0.1, 0.15) is 11.6 Å². The summed E-state index contributed by atoms with van der Waals surface area (Å²) in [5.41, 5.74) is 2.54. The number of carbonyl (C=O) groups is 1. The topological polar surface area (TPSA) is 52.9 Å². The molecule has 0 atom stereocenters. The number of hydrogen-bond donors (Lipinski definition) is 1. The van der Waals surface area contributed by atoms with Gasteiger partial charge >= 0.3 is 0 Å². The Kier molecular flexibility index (Phi) is 4.76. The smallest absolute Gasteiger partial charge is 0.266 e. The van der Waals surface area contributed by atoms with Gasteiger partial charge in [-0.05, 0) is 42.8 Å². The van der Waals surface area contributed by atoms with Crippen LogP contribution in [0.3, 0.4) is 0 Å². The summed E-state index contributed by atoms with van der Waals surface area (Å²) < 4.78 is 0. The molecule has 0 aliphatic heterocycles. The van der Waals surface area contributed by atoms with E-state index >= 15 is 0 Å². The molecule has 1 amide bonds. The van der Waals surface area contributed by atoms with Crippen LogP contribution in [0.1, 0.15) is 11.1 Å². The van der Waals surface area contributed by atoms with Crippen LogP contribution in [0.2, 0.25) is 5.02 Å². The third-order valence-electron chi connectivity index (χ3n) is 2.86. The fourth-order valence-electron chi connectivity index (χ4n) is 1.71. The average Bonchev–Trinajstić information content (AvgIpc) is 2.49. The van der Waals surface area contributed by atoms with Gasteiger partial charge in [0, 0.05) is 10.7 Å². The third-order valence-corrected chi connectivity index (χ3v) is 3.11. The molecule has 0 saturated heterocycles. The van der Waals surface area contributed by atoms with E-state index in [4.69, 9.17) is 16.9 Å². The van der Waals surface area contributed by atoms with Crippen molar-refractivity contribution < 1.29 is 4.79 Å². The highest BCUT2D eigenvalue weighted by Crippen LogP contribution is 2.14. The van der Waals surface area contributed by atoms with Gasteiger partial charge in [0.05, 0.1) is 0 Å². The van der Waals surface area contributed by atoms with Gasteiger partial charge in [0.25, 0.3) is 5.91 Å². The predicted molar refractivity (Wildman–Crippen MR) is 84.9 cm³/mol. The second kappa shape index (κ2) is 6.74. The summed E-state index contributed by atoms with van der Waals surface area (Å²) in [6.07, 6.45) is 1.53. The van der Waals surface area contributed by atoms with Gasteiger partial charge in [-0.2, -0.15) is 5.26 Å². The highest BCUT2D eigenvalue weighted by molar-refractivity contribution is 6.30. The first-order chi connectivity index (χ1) is 10.1. The van der Waals surface area contributed by atoms with Crippen molar-refractivity contribution in [2.45, 2.75) is 6.92 Å². The predicted octanol–water partition coefficient (Wildman–Crippen LogP) is 4.19. The fraction of sp³-hybridized carbons (Fsp3) is 0.0588. The molecule has 0 aliphatic rings. The molecular formula is C17H13ClN2O. The van der Waals surface area contributed by atoms with E-state index in [1.54, 1.807) is 36.4 Å². The van der Waals surface area contributed by atoms with E-state index in [1.165, 1.54) is 6.08 Å². The number of hydrogen-bond acceptors (Lipinski definition) is 2. The standard InChI is InChI=1S/C17H13ClN2O/c1-12-2-8-16(9-3-12)20-17(21)14(11-19)10-13-4-6-15(18)7-5-13/h2-10H,1H3,(H,20,21)/b14-10+. The minimum absolute atomic E-state index is 0.0397. The summed E-state index contributed by atoms with van der Waals surface area (Å²) in [5, 5.41) is 12.4. The van der Waals surface area contributed by atoms with Crippen LogP contribution in [0.5, 0.6) is 0 Å². The van der Waals surface area contributed by atoms with Crippen LogP contribution in [0.4, 0.5) is 5.69 Å². The summed E-state index contributed by atoms with van der Waals surface area (Å²) in [6, 6.07) is 16.2. The van der Waals surface area contributed by atoms with Crippen molar-refractivity contribution in [2.24, 2.45) is 0 Å². The number of nitriles is 1. The average molecular weight is 297 g/mol. The summed E-state index contributed by atoms with van der Waals surface area (Å²) in [4.78, 5) is 12.1. The number of benzene rings is 2. The monoisotopic (exact) mass is 296 g/mol. The highest BCUT2D eigenvalue weighted by Gasteiger charge is 2.09. The molecule has 0 unspecified atom stereocenters. The minimum atomic E-state index is -0.434. The SMILES string of the molecule is Cc1ccc(NC(=O)/C(C#N)=C/c2ccc(Cl)cc2)cc1. The van der Waals surface area contributed by atoms with E-state index in [0.29, 0.717) is 10.7 Å². The van der Waals surface area contributed by atoms with Gasteiger partial charge in [0.15, 0.2) is 0 Å². The maximum atomic E-state index is 12.1. The molecule has 21 heavy (non-hydrogen) atoms. The second-order valence-corrected chi connectivity index (χ2v) is 4.98. The maximum absolute atomic E-state index is 12.1. The third kappa shape index (κ3) is 4.20. The number of anilines is 1. The Morgan fingerprint density at radius 2 is 1.76 bits per heavy atom. The van der Waals surface area contributed by atoms with Crippen LogP contribution >= 0.6 is 11.6 Å². The lowest BCUT2D eigenvalue weighted by molar-refractivity contribution is -0.112. The lowest BCUT2D eigenvalue weighted by Crippen LogP contribution is -2.13. The lowest BCUT2D eigenvalue weighted by atomic mass is 10.1. The Bertz CT molecular complexity index is 710. The number of nitrogens with one attached hydrogen (secondary N) is 1. The number of rotatable bonds is 3. The van der Waals surface area contributed by atoms with Gasteiger partial charge in [-0.3, -0.25) is 4.79 Å². The molecule has 0 bridgehead atoms. The van der Waals surface area contributed by atoms with Gasteiger partial charge < -0.3 is 5.32 Å². The molecule has 0 radical (unpaired) electrons. The Hall–Kier alpha value is -2.57. The quantitative estimate of drug-likeness (QED) is 0.682. The van der Waals surface area contributed by atoms with Gasteiger partial charge in [0.2, 0.25) is 0 Å². The van der Waals surface area contributed by atoms with Crippen LogP contribution in [-0.2, 0) is 4.79 Å². The van der Waals surface area contributed by atoms with Crippen LogP contribution in [0, 0.1) is 18.3 Å². The largest absolute Gasteiger partial charge is 0.321 e. The van der Waals surface area contributed by atoms with Crippen LogP contribution in [0.15, 0.2) is 54.1 Å². The minimum Gasteiger partial charge on any atom is -0.321 e. The molecule has 2 rings (SSSR count). The first-order valence-corrected chi connectivity index (χ1v) is 6.71. The lowest BCUT2D eigenvalue weighted by Gasteiger charge is -2.04. The molecule has 0 heterocycles. The van der Waals surface area contributed by atoms with Crippen molar-refractivity contribution >= 4 is 29.3 Å². The number of carbonyl (C=O) groups excluding carboxylic acids is 1. The maximum Gasteiger partial charge on any atom is 0.266 e. The van der Waals surface area contributed by atoms with E-state index in [0.717, 1.165) is 11.1 Å². The molecule has 0 saturated carbocycles. The Labute approximate surface area is 128 Å². The van der Waals surface area contributed by atoms with Crippen LogP contribution in [0.25, 0.3) is 6.08 Å². The van der Waals surface area contributed by atoms with Crippen LogP contribution in [-0.4, -0.2) is 5.91 Å². The summed E-state index contributed by atoms with van der Waals surface area (Å²) in [5.74, 6) is -0.434. The Balaban J connectivity index is 2.17. The number of nitrogens with zero attached hydrogens (tertiary/aromatic N) is 1. The van der Waals surface area contributed by atoms with Crippen LogP contribution < -0.4 is 5.32 Å². The van der Waals surface area contributed by atoms with E-state index < -0.39 is 5.91 Å². The molecule has 104 valence electrons. The molecule has 1 N–H and O–H groups in total. The van der Waals surface area contributed by atoms with Gasteiger partial charge in [-0.1, -0.05) is 41.4 Å². The molecule has 0 aromatic heterocycles. The number of aryl methyl sites for hydroxylation is 1. The first-order valence-electron chi connectivity index (χ1n) is 6.34. The normalized spacial score (nSPS) is 10.8. The molecule has 0 aliphatic carbocycles. The van der Waals surface area contributed by atoms with E-state index in [9.17, 15) is 4.79 Å².